The minimum atomic E-state index is -0.476. The van der Waals surface area contributed by atoms with Crippen molar-refractivity contribution in [3.63, 3.8) is 0 Å². The van der Waals surface area contributed by atoms with E-state index in [9.17, 15) is 4.79 Å². The Kier molecular flexibility index (Phi) is 9.49. The molecule has 0 saturated carbocycles. The number of carbonyl (C=O) groups excluding carboxylic acids is 1. The molecule has 2 N–H and O–H groups in total. The molecule has 0 bridgehead atoms. The summed E-state index contributed by atoms with van der Waals surface area (Å²) in [6, 6.07) is 8.40. The maximum atomic E-state index is 12.1. The minimum absolute atomic E-state index is 0. The highest BCUT2D eigenvalue weighted by atomic mass is 127. The van der Waals surface area contributed by atoms with Gasteiger partial charge in [0.2, 0.25) is 0 Å². The van der Waals surface area contributed by atoms with Gasteiger partial charge in [0.05, 0.1) is 6.54 Å². The molecule has 1 aliphatic heterocycles. The highest BCUT2D eigenvalue weighted by Gasteiger charge is 2.26. The first kappa shape index (κ1) is 24.5. The zero-order valence-electron chi connectivity index (χ0n) is 17.6. The number of amides is 1. The summed E-state index contributed by atoms with van der Waals surface area (Å²) >= 11 is 0. The van der Waals surface area contributed by atoms with E-state index in [-0.39, 0.29) is 30.1 Å². The van der Waals surface area contributed by atoms with E-state index in [0.29, 0.717) is 38.7 Å². The van der Waals surface area contributed by atoms with E-state index in [1.165, 1.54) is 5.56 Å². The SMILES string of the molecule is CN(C)Cc1cccc(CN=C(N)N2CCN(C(=O)OC(C)(C)C)CC2)c1.I. The highest BCUT2D eigenvalue weighted by molar-refractivity contribution is 14.0. The van der Waals surface area contributed by atoms with Gasteiger partial charge in [-0.1, -0.05) is 24.3 Å². The predicted octanol–water partition coefficient (Wildman–Crippen LogP) is 2.73. The van der Waals surface area contributed by atoms with Crippen LogP contribution in [0.4, 0.5) is 4.79 Å². The first-order valence-corrected chi connectivity index (χ1v) is 9.39. The van der Waals surface area contributed by atoms with Gasteiger partial charge in [-0.05, 0) is 46.0 Å². The van der Waals surface area contributed by atoms with Gasteiger partial charge in [0.15, 0.2) is 5.96 Å². The second kappa shape index (κ2) is 10.8. The Labute approximate surface area is 185 Å². The third kappa shape index (κ3) is 8.22. The molecule has 158 valence electrons. The Morgan fingerprint density at radius 3 is 2.29 bits per heavy atom. The summed E-state index contributed by atoms with van der Waals surface area (Å²) in [5, 5.41) is 0. The Balaban J connectivity index is 0.00000392. The van der Waals surface area contributed by atoms with E-state index in [4.69, 9.17) is 10.5 Å². The average molecular weight is 503 g/mol. The number of hydrogen-bond donors (Lipinski definition) is 1. The number of nitrogens with zero attached hydrogens (tertiary/aromatic N) is 4. The van der Waals surface area contributed by atoms with Gasteiger partial charge in [0.1, 0.15) is 5.60 Å². The maximum Gasteiger partial charge on any atom is 0.410 e. The van der Waals surface area contributed by atoms with Crippen LogP contribution in [-0.4, -0.2) is 72.6 Å². The van der Waals surface area contributed by atoms with E-state index in [0.717, 1.165) is 12.1 Å². The zero-order chi connectivity index (χ0) is 20.0. The Bertz CT molecular complexity index is 665. The Morgan fingerprint density at radius 2 is 1.71 bits per heavy atom. The summed E-state index contributed by atoms with van der Waals surface area (Å²) < 4.78 is 5.42. The smallest absolute Gasteiger partial charge is 0.410 e. The number of piperazine rings is 1. The Hall–Kier alpha value is -1.55. The monoisotopic (exact) mass is 503 g/mol. The van der Waals surface area contributed by atoms with E-state index in [1.54, 1.807) is 4.90 Å². The number of nitrogens with two attached hydrogens (primary N) is 1. The van der Waals surface area contributed by atoms with Crippen molar-refractivity contribution >= 4 is 36.0 Å². The molecule has 1 aliphatic rings. The first-order valence-electron chi connectivity index (χ1n) is 9.39. The number of guanidine groups is 1. The molecule has 28 heavy (non-hydrogen) atoms. The predicted molar refractivity (Wildman–Crippen MR) is 124 cm³/mol. The third-order valence-electron chi connectivity index (χ3n) is 4.17. The highest BCUT2D eigenvalue weighted by Crippen LogP contribution is 2.12. The summed E-state index contributed by atoms with van der Waals surface area (Å²) in [6.07, 6.45) is -0.268. The lowest BCUT2D eigenvalue weighted by Crippen LogP contribution is -2.53. The van der Waals surface area contributed by atoms with Gasteiger partial charge in [0, 0.05) is 32.7 Å². The van der Waals surface area contributed by atoms with Crippen LogP contribution in [0.2, 0.25) is 0 Å². The van der Waals surface area contributed by atoms with Gasteiger partial charge in [-0.25, -0.2) is 9.79 Å². The molecule has 0 unspecified atom stereocenters. The van der Waals surface area contributed by atoms with Crippen LogP contribution in [-0.2, 0) is 17.8 Å². The number of benzene rings is 1. The van der Waals surface area contributed by atoms with Crippen LogP contribution in [0.5, 0.6) is 0 Å². The lowest BCUT2D eigenvalue weighted by atomic mass is 10.1. The molecular formula is C20H34IN5O2. The van der Waals surface area contributed by atoms with Crippen LogP contribution in [0.3, 0.4) is 0 Å². The molecule has 1 fully saturated rings. The largest absolute Gasteiger partial charge is 0.444 e. The summed E-state index contributed by atoms with van der Waals surface area (Å²) in [6.45, 7) is 9.58. The summed E-state index contributed by atoms with van der Waals surface area (Å²) in [4.78, 5) is 22.5. The van der Waals surface area contributed by atoms with Crippen LogP contribution in [0, 0.1) is 0 Å². The maximum absolute atomic E-state index is 12.1. The lowest BCUT2D eigenvalue weighted by molar-refractivity contribution is 0.0186. The van der Waals surface area contributed by atoms with Gasteiger partial charge in [-0.15, -0.1) is 24.0 Å². The van der Waals surface area contributed by atoms with Gasteiger partial charge in [0.25, 0.3) is 0 Å². The molecule has 0 aliphatic carbocycles. The summed E-state index contributed by atoms with van der Waals surface area (Å²) in [5.74, 6) is 0.525. The van der Waals surface area contributed by atoms with Crippen LogP contribution >= 0.6 is 24.0 Å². The fraction of sp³-hybridized carbons (Fsp3) is 0.600. The third-order valence-corrected chi connectivity index (χ3v) is 4.17. The molecule has 2 rings (SSSR count). The fourth-order valence-corrected chi connectivity index (χ4v) is 2.91. The van der Waals surface area contributed by atoms with Crippen LogP contribution < -0.4 is 5.73 Å². The summed E-state index contributed by atoms with van der Waals surface area (Å²) in [7, 11) is 4.11. The zero-order valence-corrected chi connectivity index (χ0v) is 20.0. The quantitative estimate of drug-likeness (QED) is 0.389. The Morgan fingerprint density at radius 1 is 1.14 bits per heavy atom. The molecule has 1 aromatic carbocycles. The molecule has 1 saturated heterocycles. The molecule has 1 amide bonds. The minimum Gasteiger partial charge on any atom is -0.444 e. The number of carbonyl (C=O) groups is 1. The van der Waals surface area contributed by atoms with E-state index < -0.39 is 5.60 Å². The van der Waals surface area contributed by atoms with E-state index in [1.807, 2.05) is 25.7 Å². The van der Waals surface area contributed by atoms with Gasteiger partial charge in [-0.2, -0.15) is 0 Å². The number of rotatable bonds is 4. The number of ether oxygens (including phenoxy) is 1. The van der Waals surface area contributed by atoms with Crippen LogP contribution in [0.15, 0.2) is 29.3 Å². The van der Waals surface area contributed by atoms with Crippen molar-refractivity contribution in [3.8, 4) is 0 Å². The second-order valence-electron chi connectivity index (χ2n) is 8.19. The van der Waals surface area contributed by atoms with Gasteiger partial charge in [-0.3, -0.25) is 0 Å². The van der Waals surface area contributed by atoms with Crippen LogP contribution in [0.1, 0.15) is 31.9 Å². The van der Waals surface area contributed by atoms with Crippen molar-refractivity contribution in [1.29, 1.82) is 0 Å². The van der Waals surface area contributed by atoms with Gasteiger partial charge < -0.3 is 25.2 Å². The first-order chi connectivity index (χ1) is 12.6. The van der Waals surface area contributed by atoms with Crippen molar-refractivity contribution in [2.45, 2.75) is 39.5 Å². The molecule has 0 spiro atoms. The van der Waals surface area contributed by atoms with Crippen molar-refractivity contribution in [3.05, 3.63) is 35.4 Å². The standard InChI is InChI=1S/C20H33N5O2.HI/c1-20(2,3)27-19(26)25-11-9-24(10-12-25)18(21)22-14-16-7-6-8-17(13-16)15-23(4)5;/h6-8,13H,9-12,14-15H2,1-5H3,(H2,21,22);1H. The molecule has 8 heteroatoms. The molecule has 1 aromatic rings. The molecule has 1 heterocycles. The number of aliphatic imine (C=N–C) groups is 1. The number of halogens is 1. The molecule has 7 nitrogen and oxygen atoms in total. The van der Waals surface area contributed by atoms with E-state index >= 15 is 0 Å². The lowest BCUT2D eigenvalue weighted by Gasteiger charge is -2.36. The normalized spacial score (nSPS) is 15.4. The second-order valence-corrected chi connectivity index (χ2v) is 8.19. The summed E-state index contributed by atoms with van der Waals surface area (Å²) in [5.41, 5.74) is 8.10. The topological polar surface area (TPSA) is 74.4 Å². The van der Waals surface area contributed by atoms with Crippen LogP contribution in [0.25, 0.3) is 0 Å². The van der Waals surface area contributed by atoms with Crippen molar-refractivity contribution in [2.75, 3.05) is 40.3 Å². The number of hydrogen-bond acceptors (Lipinski definition) is 4. The van der Waals surface area contributed by atoms with Crippen molar-refractivity contribution in [1.82, 2.24) is 14.7 Å². The molecule has 0 atom stereocenters. The average Bonchev–Trinajstić information content (AvgIpc) is 2.58. The van der Waals surface area contributed by atoms with Crippen molar-refractivity contribution < 1.29 is 9.53 Å². The molecule has 0 radical (unpaired) electrons. The van der Waals surface area contributed by atoms with Crippen molar-refractivity contribution in [2.24, 2.45) is 10.7 Å². The molecular weight excluding hydrogens is 469 g/mol. The van der Waals surface area contributed by atoms with Gasteiger partial charge >= 0.3 is 6.09 Å². The fourth-order valence-electron chi connectivity index (χ4n) is 2.91. The molecule has 0 aromatic heterocycles. The van der Waals surface area contributed by atoms with E-state index in [2.05, 4.69) is 48.3 Å².